The van der Waals surface area contributed by atoms with Crippen LogP contribution < -0.4 is 0 Å². The molecule has 1 aliphatic heterocycles. The molecule has 0 bridgehead atoms. The molecule has 1 fully saturated rings. The van der Waals surface area contributed by atoms with Crippen LogP contribution in [-0.2, 0) is 0 Å². The molecule has 4 rings (SSSR count). The number of carbonyl (C=O) groups excluding carboxylic acids is 1. The Balaban J connectivity index is 1.64. The Morgan fingerprint density at radius 3 is 2.81 bits per heavy atom. The van der Waals surface area contributed by atoms with E-state index < -0.39 is 0 Å². The number of likely N-dealkylation sites (tertiary alicyclic amines) is 1. The van der Waals surface area contributed by atoms with Gasteiger partial charge in [0.2, 0.25) is 0 Å². The molecule has 7 heteroatoms. The van der Waals surface area contributed by atoms with Crippen molar-refractivity contribution in [1.82, 2.24) is 25.1 Å². The number of hydrogen-bond donors (Lipinski definition) is 1. The van der Waals surface area contributed by atoms with Gasteiger partial charge in [-0.25, -0.2) is 4.39 Å². The SMILES string of the molecule is O=C(c1ccn[nH]1)N1CCC[C@H](c2nccnc2-c2ccccc2F)C1. The molecular formula is C19H18FN5O. The molecule has 3 heterocycles. The lowest BCUT2D eigenvalue weighted by atomic mass is 9.91. The van der Waals surface area contributed by atoms with E-state index in [9.17, 15) is 9.18 Å². The first-order valence-electron chi connectivity index (χ1n) is 8.58. The van der Waals surface area contributed by atoms with Crippen LogP contribution in [0.3, 0.4) is 0 Å². The van der Waals surface area contributed by atoms with Gasteiger partial charge in [-0.1, -0.05) is 12.1 Å². The second kappa shape index (κ2) is 7.03. The van der Waals surface area contributed by atoms with Crippen molar-refractivity contribution < 1.29 is 9.18 Å². The van der Waals surface area contributed by atoms with Gasteiger partial charge in [-0.2, -0.15) is 5.10 Å². The van der Waals surface area contributed by atoms with Crippen LogP contribution >= 0.6 is 0 Å². The Hall–Kier alpha value is -3.09. The summed E-state index contributed by atoms with van der Waals surface area (Å²) in [5, 5.41) is 6.56. The zero-order valence-corrected chi connectivity index (χ0v) is 14.1. The Morgan fingerprint density at radius 2 is 2.00 bits per heavy atom. The van der Waals surface area contributed by atoms with E-state index in [-0.39, 0.29) is 17.6 Å². The van der Waals surface area contributed by atoms with Crippen LogP contribution in [-0.4, -0.2) is 44.1 Å². The molecule has 0 spiro atoms. The van der Waals surface area contributed by atoms with E-state index in [1.165, 1.54) is 6.07 Å². The number of hydrogen-bond acceptors (Lipinski definition) is 4. The number of benzene rings is 1. The van der Waals surface area contributed by atoms with Crippen LogP contribution in [0.1, 0.15) is 34.9 Å². The van der Waals surface area contributed by atoms with Crippen molar-refractivity contribution in [3.05, 3.63) is 66.1 Å². The number of nitrogens with zero attached hydrogens (tertiary/aromatic N) is 4. The van der Waals surface area contributed by atoms with Crippen LogP contribution in [0.4, 0.5) is 4.39 Å². The van der Waals surface area contributed by atoms with Gasteiger partial charge in [-0.05, 0) is 31.0 Å². The zero-order valence-electron chi connectivity index (χ0n) is 14.1. The maximum Gasteiger partial charge on any atom is 0.271 e. The predicted molar refractivity (Wildman–Crippen MR) is 93.9 cm³/mol. The van der Waals surface area contributed by atoms with Crippen molar-refractivity contribution in [3.63, 3.8) is 0 Å². The monoisotopic (exact) mass is 351 g/mol. The minimum Gasteiger partial charge on any atom is -0.337 e. The number of carbonyl (C=O) groups is 1. The van der Waals surface area contributed by atoms with E-state index in [0.717, 1.165) is 18.5 Å². The molecule has 0 aliphatic carbocycles. The number of halogens is 1. The summed E-state index contributed by atoms with van der Waals surface area (Å²) in [6, 6.07) is 8.23. The van der Waals surface area contributed by atoms with Gasteiger partial charge in [-0.15, -0.1) is 0 Å². The molecule has 0 radical (unpaired) electrons. The van der Waals surface area contributed by atoms with Crippen LogP contribution in [0.5, 0.6) is 0 Å². The standard InChI is InChI=1S/C19H18FN5O/c20-15-6-2-1-5-14(15)18-17(21-9-10-22-18)13-4-3-11-25(12-13)19(26)16-7-8-23-24-16/h1-2,5-10,13H,3-4,11-12H2,(H,23,24)/t13-/m0/s1. The molecule has 0 saturated carbocycles. The van der Waals surface area contributed by atoms with Crippen LogP contribution in [0.25, 0.3) is 11.3 Å². The van der Waals surface area contributed by atoms with E-state index in [4.69, 9.17) is 0 Å². The highest BCUT2D eigenvalue weighted by Gasteiger charge is 2.29. The second-order valence-electron chi connectivity index (χ2n) is 6.33. The van der Waals surface area contributed by atoms with Crippen molar-refractivity contribution in [2.75, 3.05) is 13.1 Å². The Bertz CT molecular complexity index is 912. The quantitative estimate of drug-likeness (QED) is 0.787. The molecule has 1 aromatic carbocycles. The molecule has 3 aromatic rings. The zero-order chi connectivity index (χ0) is 17.9. The van der Waals surface area contributed by atoms with Gasteiger partial charge in [0.1, 0.15) is 11.5 Å². The summed E-state index contributed by atoms with van der Waals surface area (Å²) >= 11 is 0. The molecule has 6 nitrogen and oxygen atoms in total. The first-order chi connectivity index (χ1) is 12.7. The Labute approximate surface area is 150 Å². The topological polar surface area (TPSA) is 74.8 Å². The van der Waals surface area contributed by atoms with Crippen molar-refractivity contribution in [2.24, 2.45) is 0 Å². The van der Waals surface area contributed by atoms with Crippen LogP contribution in [0.2, 0.25) is 0 Å². The van der Waals surface area contributed by atoms with Crippen molar-refractivity contribution in [1.29, 1.82) is 0 Å². The summed E-state index contributed by atoms with van der Waals surface area (Å²) < 4.78 is 14.3. The summed E-state index contributed by atoms with van der Waals surface area (Å²) in [5.74, 6) is -0.391. The van der Waals surface area contributed by atoms with E-state index in [1.807, 2.05) is 0 Å². The van der Waals surface area contributed by atoms with E-state index in [0.29, 0.717) is 30.0 Å². The molecule has 0 unspecified atom stereocenters. The highest BCUT2D eigenvalue weighted by atomic mass is 19.1. The maximum absolute atomic E-state index is 14.3. The van der Waals surface area contributed by atoms with Gasteiger partial charge in [-0.3, -0.25) is 19.9 Å². The van der Waals surface area contributed by atoms with E-state index in [1.54, 1.807) is 47.8 Å². The summed E-state index contributed by atoms with van der Waals surface area (Å²) in [6.07, 6.45) is 6.50. The molecule has 26 heavy (non-hydrogen) atoms. The first kappa shape index (κ1) is 16.4. The van der Waals surface area contributed by atoms with Crippen molar-refractivity contribution in [2.45, 2.75) is 18.8 Å². The third kappa shape index (κ3) is 3.08. The predicted octanol–water partition coefficient (Wildman–Crippen LogP) is 3.03. The number of amides is 1. The van der Waals surface area contributed by atoms with E-state index >= 15 is 0 Å². The molecule has 1 aliphatic rings. The number of H-pyrrole nitrogens is 1. The smallest absolute Gasteiger partial charge is 0.271 e. The third-order valence-corrected chi connectivity index (χ3v) is 4.68. The number of aromatic nitrogens is 4. The number of aromatic amines is 1. The fourth-order valence-electron chi connectivity index (χ4n) is 3.44. The Kier molecular flexibility index (Phi) is 4.43. The molecule has 2 aromatic heterocycles. The minimum atomic E-state index is -0.324. The maximum atomic E-state index is 14.3. The Morgan fingerprint density at radius 1 is 1.15 bits per heavy atom. The average Bonchev–Trinajstić information content (AvgIpc) is 3.23. The van der Waals surface area contributed by atoms with Gasteiger partial charge in [0.25, 0.3) is 5.91 Å². The number of rotatable bonds is 3. The molecule has 1 atom stereocenters. The van der Waals surface area contributed by atoms with Crippen molar-refractivity contribution in [3.8, 4) is 11.3 Å². The fraction of sp³-hybridized carbons (Fsp3) is 0.263. The van der Waals surface area contributed by atoms with Gasteiger partial charge < -0.3 is 4.90 Å². The molecule has 1 N–H and O–H groups in total. The molecule has 1 amide bonds. The average molecular weight is 351 g/mol. The number of nitrogens with one attached hydrogen (secondary N) is 1. The molecule has 132 valence electrons. The fourth-order valence-corrected chi connectivity index (χ4v) is 3.44. The van der Waals surface area contributed by atoms with Gasteiger partial charge in [0.15, 0.2) is 0 Å². The lowest BCUT2D eigenvalue weighted by molar-refractivity contribution is 0.0700. The van der Waals surface area contributed by atoms with Gasteiger partial charge in [0, 0.05) is 43.2 Å². The highest BCUT2D eigenvalue weighted by Crippen LogP contribution is 2.33. The van der Waals surface area contributed by atoms with Crippen LogP contribution in [0, 0.1) is 5.82 Å². The largest absolute Gasteiger partial charge is 0.337 e. The van der Waals surface area contributed by atoms with Crippen molar-refractivity contribution >= 4 is 5.91 Å². The highest BCUT2D eigenvalue weighted by molar-refractivity contribution is 5.92. The minimum absolute atomic E-state index is 0.0129. The second-order valence-corrected chi connectivity index (χ2v) is 6.33. The third-order valence-electron chi connectivity index (χ3n) is 4.68. The normalized spacial score (nSPS) is 17.3. The number of piperidine rings is 1. The molecular weight excluding hydrogens is 333 g/mol. The van der Waals surface area contributed by atoms with Gasteiger partial charge in [0.05, 0.1) is 11.4 Å². The summed E-state index contributed by atoms with van der Waals surface area (Å²) in [5.41, 5.74) is 2.19. The lowest BCUT2D eigenvalue weighted by Gasteiger charge is -2.32. The lowest BCUT2D eigenvalue weighted by Crippen LogP contribution is -2.39. The van der Waals surface area contributed by atoms with Crippen LogP contribution in [0.15, 0.2) is 48.9 Å². The summed E-state index contributed by atoms with van der Waals surface area (Å²) in [7, 11) is 0. The molecule has 1 saturated heterocycles. The summed E-state index contributed by atoms with van der Waals surface area (Å²) in [6.45, 7) is 1.21. The summed E-state index contributed by atoms with van der Waals surface area (Å²) in [4.78, 5) is 23.3. The van der Waals surface area contributed by atoms with E-state index in [2.05, 4.69) is 20.2 Å². The van der Waals surface area contributed by atoms with Gasteiger partial charge >= 0.3 is 0 Å². The first-order valence-corrected chi connectivity index (χ1v) is 8.58.